The van der Waals surface area contributed by atoms with E-state index in [9.17, 15) is 0 Å². The van der Waals surface area contributed by atoms with Gasteiger partial charge in [-0.1, -0.05) is 13.2 Å². The summed E-state index contributed by atoms with van der Waals surface area (Å²) in [6, 6.07) is 0. The smallest absolute Gasteiger partial charge is 0.141 e. The molecular weight excluding hydrogens is 126 g/mol. The van der Waals surface area contributed by atoms with Crippen molar-refractivity contribution in [2.24, 2.45) is 0 Å². The van der Waals surface area contributed by atoms with Crippen molar-refractivity contribution in [3.05, 3.63) is 36.8 Å². The van der Waals surface area contributed by atoms with Crippen molar-refractivity contribution in [1.29, 1.82) is 0 Å². The number of rotatable bonds is 2. The van der Waals surface area contributed by atoms with E-state index in [1.54, 1.807) is 12.2 Å². The molecule has 1 heterocycles. The van der Waals surface area contributed by atoms with Crippen LogP contribution in [0.3, 0.4) is 0 Å². The Balaban J connectivity index is 2.81. The second-order valence-electron chi connectivity index (χ2n) is 1.96. The zero-order chi connectivity index (χ0) is 7.40. The first-order valence-electron chi connectivity index (χ1n) is 3.24. The lowest BCUT2D eigenvalue weighted by Crippen LogP contribution is -2.24. The maximum atomic E-state index is 5.26. The Morgan fingerprint density at radius 3 is 2.70 bits per heavy atom. The molecule has 1 N–H and O–H groups in total. The number of nitrogens with one attached hydrogen (secondary N) is 1. The number of allylic oxidation sites excluding steroid dienone is 2. The molecule has 0 bridgehead atoms. The number of hydrogen-bond acceptors (Lipinski definition) is 2. The Morgan fingerprint density at radius 2 is 2.20 bits per heavy atom. The van der Waals surface area contributed by atoms with E-state index < -0.39 is 0 Å². The van der Waals surface area contributed by atoms with Gasteiger partial charge in [0.1, 0.15) is 12.4 Å². The molecule has 1 rings (SSSR count). The summed E-state index contributed by atoms with van der Waals surface area (Å²) in [5.74, 6) is 0.793. The van der Waals surface area contributed by atoms with Crippen LogP contribution in [0.5, 0.6) is 0 Å². The molecule has 0 aromatic heterocycles. The summed E-state index contributed by atoms with van der Waals surface area (Å²) < 4.78 is 5.26. The van der Waals surface area contributed by atoms with Crippen LogP contribution in [0.1, 0.15) is 0 Å². The molecule has 1 aliphatic rings. The summed E-state index contributed by atoms with van der Waals surface area (Å²) in [5, 5.41) is 3.14. The molecule has 0 unspecified atom stereocenters. The van der Waals surface area contributed by atoms with E-state index in [1.807, 2.05) is 0 Å². The normalized spacial score (nSPS) is 17.2. The highest BCUT2D eigenvalue weighted by Gasteiger charge is 2.05. The third-order valence-electron chi connectivity index (χ3n) is 1.33. The predicted octanol–water partition coefficient (Wildman–Crippen LogP) is 1.19. The van der Waals surface area contributed by atoms with Gasteiger partial charge in [-0.2, -0.15) is 0 Å². The van der Waals surface area contributed by atoms with Crippen LogP contribution >= 0.6 is 0 Å². The van der Waals surface area contributed by atoms with Crippen molar-refractivity contribution < 1.29 is 4.74 Å². The van der Waals surface area contributed by atoms with E-state index in [2.05, 4.69) is 18.5 Å². The zero-order valence-corrected chi connectivity index (χ0v) is 5.89. The Bertz CT molecular complexity index is 162. The molecular formula is C8H11NO. The average Bonchev–Trinajstić information content (AvgIpc) is 2.04. The molecule has 0 aromatic rings. The van der Waals surface area contributed by atoms with Gasteiger partial charge in [0.05, 0.1) is 5.70 Å². The predicted molar refractivity (Wildman–Crippen MR) is 41.4 cm³/mol. The lowest BCUT2D eigenvalue weighted by atomic mass is 10.3. The van der Waals surface area contributed by atoms with Crippen LogP contribution in [-0.4, -0.2) is 13.2 Å². The van der Waals surface area contributed by atoms with Crippen molar-refractivity contribution in [3.8, 4) is 0 Å². The van der Waals surface area contributed by atoms with E-state index in [0.717, 1.165) is 18.0 Å². The second kappa shape index (κ2) is 3.11. The minimum atomic E-state index is 0.707. The molecule has 0 saturated heterocycles. The van der Waals surface area contributed by atoms with Crippen molar-refractivity contribution in [3.63, 3.8) is 0 Å². The van der Waals surface area contributed by atoms with Gasteiger partial charge in [-0.15, -0.1) is 0 Å². The van der Waals surface area contributed by atoms with E-state index in [1.165, 1.54) is 0 Å². The van der Waals surface area contributed by atoms with E-state index in [-0.39, 0.29) is 0 Å². The topological polar surface area (TPSA) is 21.3 Å². The minimum absolute atomic E-state index is 0.707. The van der Waals surface area contributed by atoms with Crippen LogP contribution in [-0.2, 0) is 4.74 Å². The van der Waals surface area contributed by atoms with Gasteiger partial charge in [0.2, 0.25) is 0 Å². The monoisotopic (exact) mass is 137 g/mol. The van der Waals surface area contributed by atoms with Crippen molar-refractivity contribution in [2.45, 2.75) is 0 Å². The first kappa shape index (κ1) is 6.93. The molecule has 0 saturated carbocycles. The van der Waals surface area contributed by atoms with Gasteiger partial charge in [0.15, 0.2) is 0 Å². The molecule has 1 aliphatic heterocycles. The Hall–Kier alpha value is -1.18. The van der Waals surface area contributed by atoms with E-state index >= 15 is 0 Å². The van der Waals surface area contributed by atoms with E-state index in [0.29, 0.717) is 6.61 Å². The van der Waals surface area contributed by atoms with Gasteiger partial charge in [-0.3, -0.25) is 0 Å². The van der Waals surface area contributed by atoms with Gasteiger partial charge >= 0.3 is 0 Å². The maximum Gasteiger partial charge on any atom is 0.141 e. The second-order valence-corrected chi connectivity index (χ2v) is 1.96. The lowest BCUT2D eigenvalue weighted by Gasteiger charge is -2.18. The fraction of sp³-hybridized carbons (Fsp3) is 0.250. The van der Waals surface area contributed by atoms with Gasteiger partial charge in [0.25, 0.3) is 0 Å². The summed E-state index contributed by atoms with van der Waals surface area (Å²) in [4.78, 5) is 0. The van der Waals surface area contributed by atoms with Crippen molar-refractivity contribution in [1.82, 2.24) is 5.32 Å². The lowest BCUT2D eigenvalue weighted by molar-refractivity contribution is 0.206. The van der Waals surface area contributed by atoms with Gasteiger partial charge in [-0.25, -0.2) is 0 Å². The van der Waals surface area contributed by atoms with Crippen molar-refractivity contribution >= 4 is 0 Å². The summed E-state index contributed by atoms with van der Waals surface area (Å²) in [6.45, 7) is 8.80. The van der Waals surface area contributed by atoms with Crippen LogP contribution in [0.25, 0.3) is 0 Å². The fourth-order valence-corrected chi connectivity index (χ4v) is 0.853. The highest BCUT2D eigenvalue weighted by Crippen LogP contribution is 2.08. The first-order chi connectivity index (χ1) is 4.88. The summed E-state index contributed by atoms with van der Waals surface area (Å²) in [7, 11) is 0. The van der Waals surface area contributed by atoms with Crippen LogP contribution in [0.4, 0.5) is 0 Å². The third-order valence-corrected chi connectivity index (χ3v) is 1.33. The molecule has 2 heteroatoms. The van der Waals surface area contributed by atoms with Crippen LogP contribution in [0.2, 0.25) is 0 Å². The molecule has 0 radical (unpaired) electrons. The van der Waals surface area contributed by atoms with Crippen LogP contribution in [0, 0.1) is 0 Å². The van der Waals surface area contributed by atoms with Gasteiger partial charge in [0, 0.05) is 6.54 Å². The molecule has 0 amide bonds. The summed E-state index contributed by atoms with van der Waals surface area (Å²) in [5.41, 5.74) is 0.932. The maximum absolute atomic E-state index is 5.26. The van der Waals surface area contributed by atoms with Crippen LogP contribution < -0.4 is 5.32 Å². The molecule has 54 valence electrons. The highest BCUT2D eigenvalue weighted by atomic mass is 16.5. The molecule has 0 aromatic carbocycles. The number of hydrogen-bond donors (Lipinski definition) is 1. The third kappa shape index (κ3) is 1.21. The molecule has 2 nitrogen and oxygen atoms in total. The Labute approximate surface area is 60.9 Å². The Morgan fingerprint density at radius 1 is 1.40 bits per heavy atom. The minimum Gasteiger partial charge on any atom is -0.490 e. The summed E-state index contributed by atoms with van der Waals surface area (Å²) >= 11 is 0. The molecule has 0 spiro atoms. The Kier molecular flexibility index (Phi) is 2.15. The quantitative estimate of drug-likeness (QED) is 0.617. The molecule has 0 fully saturated rings. The average molecular weight is 137 g/mol. The largest absolute Gasteiger partial charge is 0.490 e. The standard InChI is InChI=1S/C8H11NO/c1-3-7-8(4-2)10-6-5-9-7/h3-4,9H,1-2,5-6H2. The summed E-state index contributed by atoms with van der Waals surface area (Å²) in [6.07, 6.45) is 3.42. The van der Waals surface area contributed by atoms with Crippen molar-refractivity contribution in [2.75, 3.05) is 13.2 Å². The number of ether oxygens (including phenoxy) is 1. The van der Waals surface area contributed by atoms with E-state index in [4.69, 9.17) is 4.74 Å². The van der Waals surface area contributed by atoms with Gasteiger partial charge < -0.3 is 10.1 Å². The van der Waals surface area contributed by atoms with Gasteiger partial charge in [-0.05, 0) is 12.2 Å². The SMILES string of the molecule is C=CC1=C(C=C)OCCN1. The fourth-order valence-electron chi connectivity index (χ4n) is 0.853. The molecule has 0 atom stereocenters. The highest BCUT2D eigenvalue weighted by molar-refractivity contribution is 5.26. The molecule has 0 aliphatic carbocycles. The zero-order valence-electron chi connectivity index (χ0n) is 5.89. The molecule has 10 heavy (non-hydrogen) atoms. The van der Waals surface area contributed by atoms with Crippen LogP contribution in [0.15, 0.2) is 36.8 Å². The first-order valence-corrected chi connectivity index (χ1v) is 3.24.